The summed E-state index contributed by atoms with van der Waals surface area (Å²) in [6, 6.07) is 4.11. The first kappa shape index (κ1) is 15.5. The molecule has 0 saturated heterocycles. The van der Waals surface area contributed by atoms with Crippen molar-refractivity contribution in [2.75, 3.05) is 11.9 Å². The van der Waals surface area contributed by atoms with Crippen molar-refractivity contribution in [2.45, 2.75) is 39.4 Å². The molecule has 0 aliphatic heterocycles. The van der Waals surface area contributed by atoms with E-state index in [0.29, 0.717) is 0 Å². The normalized spacial score (nSPS) is 11.7. The fourth-order valence-electron chi connectivity index (χ4n) is 2.17. The number of hydrogen-bond acceptors (Lipinski definition) is 4. The van der Waals surface area contributed by atoms with Gasteiger partial charge < -0.3 is 10.2 Å². The summed E-state index contributed by atoms with van der Waals surface area (Å²) >= 11 is 0. The number of nitrogens with one attached hydrogen (secondary N) is 1. The molecular formula is C16H25N5. The quantitative estimate of drug-likeness (QED) is 0.917. The largest absolute Gasteiger partial charge is 0.355 e. The number of aromatic nitrogens is 3. The smallest absolute Gasteiger partial charge is 0.133 e. The van der Waals surface area contributed by atoms with Crippen LogP contribution in [0.15, 0.2) is 30.7 Å². The number of nitrogens with zero attached hydrogens (tertiary/aromatic N) is 4. The van der Waals surface area contributed by atoms with Crippen LogP contribution in [0.25, 0.3) is 0 Å². The Morgan fingerprint density at radius 3 is 2.71 bits per heavy atom. The highest BCUT2D eigenvalue weighted by molar-refractivity contribution is 5.46. The van der Waals surface area contributed by atoms with Crippen molar-refractivity contribution in [3.8, 4) is 0 Å². The van der Waals surface area contributed by atoms with Crippen LogP contribution in [0.3, 0.4) is 0 Å². The van der Waals surface area contributed by atoms with Gasteiger partial charge in [0.25, 0.3) is 0 Å². The highest BCUT2D eigenvalue weighted by atomic mass is 15.2. The molecule has 0 fully saturated rings. The lowest BCUT2D eigenvalue weighted by molar-refractivity contribution is 0.424. The second-order valence-corrected chi connectivity index (χ2v) is 6.47. The van der Waals surface area contributed by atoms with Crippen molar-refractivity contribution in [3.05, 3.63) is 41.9 Å². The fourth-order valence-corrected chi connectivity index (χ4v) is 2.17. The average molecular weight is 287 g/mol. The number of anilines is 1. The van der Waals surface area contributed by atoms with Crippen LogP contribution in [0.2, 0.25) is 0 Å². The summed E-state index contributed by atoms with van der Waals surface area (Å²) in [7, 11) is 4.00. The molecule has 0 bridgehead atoms. The van der Waals surface area contributed by atoms with Crippen LogP contribution < -0.4 is 10.2 Å². The third kappa shape index (κ3) is 4.56. The lowest BCUT2D eigenvalue weighted by atomic mass is 10.1. The lowest BCUT2D eigenvalue weighted by Crippen LogP contribution is -2.35. The van der Waals surface area contributed by atoms with Gasteiger partial charge in [-0.05, 0) is 26.8 Å². The van der Waals surface area contributed by atoms with E-state index >= 15 is 0 Å². The molecule has 0 amide bonds. The van der Waals surface area contributed by atoms with Crippen LogP contribution in [0.1, 0.15) is 31.9 Å². The number of rotatable bonds is 5. The van der Waals surface area contributed by atoms with Crippen molar-refractivity contribution in [3.63, 3.8) is 0 Å². The van der Waals surface area contributed by atoms with E-state index in [1.54, 1.807) is 0 Å². The maximum absolute atomic E-state index is 4.54. The van der Waals surface area contributed by atoms with Gasteiger partial charge in [0.05, 0.1) is 6.20 Å². The van der Waals surface area contributed by atoms with Gasteiger partial charge in [-0.25, -0.2) is 4.98 Å². The molecule has 2 heterocycles. The standard InChI is InChI=1S/C16H25N5/c1-16(2,3)18-10-14-7-6-8-17-15(14)20(4)11-13-9-19-21(5)12-13/h6-9,12,18H,10-11H2,1-5H3. The first-order valence-corrected chi connectivity index (χ1v) is 7.23. The van der Waals surface area contributed by atoms with E-state index in [2.05, 4.69) is 54.2 Å². The summed E-state index contributed by atoms with van der Waals surface area (Å²) < 4.78 is 1.82. The van der Waals surface area contributed by atoms with Gasteiger partial charge in [-0.3, -0.25) is 4.68 Å². The molecular weight excluding hydrogens is 262 g/mol. The molecule has 0 saturated carbocycles. The second kappa shape index (κ2) is 6.26. The second-order valence-electron chi connectivity index (χ2n) is 6.47. The minimum atomic E-state index is 0.0923. The number of pyridine rings is 1. The van der Waals surface area contributed by atoms with Crippen LogP contribution in [-0.2, 0) is 20.1 Å². The highest BCUT2D eigenvalue weighted by Gasteiger charge is 2.13. The van der Waals surface area contributed by atoms with E-state index < -0.39 is 0 Å². The molecule has 21 heavy (non-hydrogen) atoms. The maximum Gasteiger partial charge on any atom is 0.133 e. The monoisotopic (exact) mass is 287 g/mol. The van der Waals surface area contributed by atoms with Crippen molar-refractivity contribution in [1.29, 1.82) is 0 Å². The molecule has 5 nitrogen and oxygen atoms in total. The topological polar surface area (TPSA) is 46.0 Å². The zero-order valence-corrected chi connectivity index (χ0v) is 13.6. The summed E-state index contributed by atoms with van der Waals surface area (Å²) in [4.78, 5) is 6.70. The third-order valence-corrected chi connectivity index (χ3v) is 3.22. The summed E-state index contributed by atoms with van der Waals surface area (Å²) in [5.41, 5.74) is 2.48. The Morgan fingerprint density at radius 1 is 1.33 bits per heavy atom. The van der Waals surface area contributed by atoms with Crippen molar-refractivity contribution >= 4 is 5.82 Å². The van der Waals surface area contributed by atoms with Gasteiger partial charge in [-0.1, -0.05) is 6.07 Å². The molecule has 0 spiro atoms. The Morgan fingerprint density at radius 2 is 2.10 bits per heavy atom. The Hall–Kier alpha value is -1.88. The van der Waals surface area contributed by atoms with Crippen LogP contribution >= 0.6 is 0 Å². The Kier molecular flexibility index (Phi) is 4.63. The van der Waals surface area contributed by atoms with Crippen molar-refractivity contribution in [2.24, 2.45) is 7.05 Å². The summed E-state index contributed by atoms with van der Waals surface area (Å²) in [5, 5.41) is 7.73. The zero-order chi connectivity index (χ0) is 15.5. The van der Waals surface area contributed by atoms with Gasteiger partial charge in [0.2, 0.25) is 0 Å². The van der Waals surface area contributed by atoms with Crippen LogP contribution in [0, 0.1) is 0 Å². The van der Waals surface area contributed by atoms with E-state index in [1.165, 1.54) is 11.1 Å². The molecule has 0 radical (unpaired) electrons. The van der Waals surface area contributed by atoms with Gasteiger partial charge in [-0.2, -0.15) is 5.10 Å². The fraction of sp³-hybridized carbons (Fsp3) is 0.500. The van der Waals surface area contributed by atoms with E-state index in [0.717, 1.165) is 18.9 Å². The first-order valence-electron chi connectivity index (χ1n) is 7.23. The van der Waals surface area contributed by atoms with E-state index in [1.807, 2.05) is 36.4 Å². The summed E-state index contributed by atoms with van der Waals surface area (Å²) in [5.74, 6) is 1.01. The van der Waals surface area contributed by atoms with Crippen LogP contribution in [0.4, 0.5) is 5.82 Å². The first-order chi connectivity index (χ1) is 9.85. The number of hydrogen-bond donors (Lipinski definition) is 1. The average Bonchev–Trinajstić information content (AvgIpc) is 2.81. The van der Waals surface area contributed by atoms with Crippen molar-refractivity contribution < 1.29 is 0 Å². The molecule has 2 aromatic rings. The van der Waals surface area contributed by atoms with Gasteiger partial charge in [0.15, 0.2) is 0 Å². The van der Waals surface area contributed by atoms with Crippen LogP contribution in [-0.4, -0.2) is 27.4 Å². The Labute approximate surface area is 127 Å². The molecule has 0 aromatic carbocycles. The minimum Gasteiger partial charge on any atom is -0.355 e. The Balaban J connectivity index is 2.11. The van der Waals surface area contributed by atoms with E-state index in [9.17, 15) is 0 Å². The van der Waals surface area contributed by atoms with Crippen LogP contribution in [0.5, 0.6) is 0 Å². The van der Waals surface area contributed by atoms with E-state index in [-0.39, 0.29) is 5.54 Å². The zero-order valence-electron chi connectivity index (χ0n) is 13.6. The molecule has 0 aliphatic rings. The van der Waals surface area contributed by atoms with Gasteiger partial charge in [0.1, 0.15) is 5.82 Å². The predicted molar refractivity (Wildman–Crippen MR) is 86.1 cm³/mol. The molecule has 2 rings (SSSR count). The molecule has 2 aromatic heterocycles. The highest BCUT2D eigenvalue weighted by Crippen LogP contribution is 2.18. The van der Waals surface area contributed by atoms with Gasteiger partial charge >= 0.3 is 0 Å². The summed E-state index contributed by atoms with van der Waals surface area (Å²) in [6.45, 7) is 8.12. The SMILES string of the molecule is CN(Cc1cnn(C)c1)c1ncccc1CNC(C)(C)C. The molecule has 1 N–H and O–H groups in total. The minimum absolute atomic E-state index is 0.0923. The van der Waals surface area contributed by atoms with Gasteiger partial charge in [0, 0.05) is 56.2 Å². The molecule has 0 aliphatic carbocycles. The maximum atomic E-state index is 4.54. The van der Waals surface area contributed by atoms with Crippen molar-refractivity contribution in [1.82, 2.24) is 20.1 Å². The molecule has 114 valence electrons. The lowest BCUT2D eigenvalue weighted by Gasteiger charge is -2.24. The number of aryl methyl sites for hydroxylation is 1. The van der Waals surface area contributed by atoms with E-state index in [4.69, 9.17) is 0 Å². The molecule has 0 unspecified atom stereocenters. The molecule has 0 atom stereocenters. The van der Waals surface area contributed by atoms with Gasteiger partial charge in [-0.15, -0.1) is 0 Å². The third-order valence-electron chi connectivity index (χ3n) is 3.22. The Bertz CT molecular complexity index is 582. The predicted octanol–water partition coefficient (Wildman–Crippen LogP) is 2.34. The molecule has 5 heteroatoms. The summed E-state index contributed by atoms with van der Waals surface area (Å²) in [6.07, 6.45) is 5.77.